The SMILES string of the molecule is O=C(N[C@@H]1CC[C@@H]1NC1CCCCC1)c1ccccc1Oc1ccccc1. The van der Waals surface area contributed by atoms with Crippen molar-refractivity contribution in [3.8, 4) is 11.5 Å². The van der Waals surface area contributed by atoms with Gasteiger partial charge < -0.3 is 15.4 Å². The largest absolute Gasteiger partial charge is 0.457 e. The molecule has 4 rings (SSSR count). The summed E-state index contributed by atoms with van der Waals surface area (Å²) in [7, 11) is 0. The number of benzene rings is 2. The molecule has 2 aromatic carbocycles. The fourth-order valence-corrected chi connectivity index (χ4v) is 4.05. The average Bonchev–Trinajstić information content (AvgIpc) is 2.71. The summed E-state index contributed by atoms with van der Waals surface area (Å²) >= 11 is 0. The Morgan fingerprint density at radius 2 is 1.52 bits per heavy atom. The predicted octanol–water partition coefficient (Wildman–Crippen LogP) is 4.66. The summed E-state index contributed by atoms with van der Waals surface area (Å²) in [5, 5.41) is 6.99. The van der Waals surface area contributed by atoms with E-state index >= 15 is 0 Å². The quantitative estimate of drug-likeness (QED) is 0.784. The molecule has 0 saturated heterocycles. The molecule has 2 aromatic rings. The fraction of sp³-hybridized carbons (Fsp3) is 0.435. The third-order valence-corrected chi connectivity index (χ3v) is 5.75. The number of ether oxygens (including phenoxy) is 1. The predicted molar refractivity (Wildman–Crippen MR) is 107 cm³/mol. The van der Waals surface area contributed by atoms with Crippen molar-refractivity contribution in [2.45, 2.75) is 63.1 Å². The van der Waals surface area contributed by atoms with Crippen molar-refractivity contribution < 1.29 is 9.53 Å². The van der Waals surface area contributed by atoms with Crippen LogP contribution in [-0.2, 0) is 0 Å². The third kappa shape index (κ3) is 4.51. The van der Waals surface area contributed by atoms with Crippen molar-refractivity contribution in [1.29, 1.82) is 0 Å². The third-order valence-electron chi connectivity index (χ3n) is 5.75. The number of hydrogen-bond acceptors (Lipinski definition) is 3. The molecule has 0 aliphatic heterocycles. The molecule has 2 aliphatic carbocycles. The maximum Gasteiger partial charge on any atom is 0.255 e. The molecule has 0 unspecified atom stereocenters. The summed E-state index contributed by atoms with van der Waals surface area (Å²) in [6, 6.07) is 18.3. The zero-order valence-electron chi connectivity index (χ0n) is 15.7. The average molecular weight is 364 g/mol. The molecule has 1 amide bonds. The zero-order valence-corrected chi connectivity index (χ0v) is 15.7. The highest BCUT2D eigenvalue weighted by Gasteiger charge is 2.34. The van der Waals surface area contributed by atoms with Crippen LogP contribution in [0.15, 0.2) is 54.6 Å². The molecule has 2 atom stereocenters. The Kier molecular flexibility index (Phi) is 5.73. The fourth-order valence-electron chi connectivity index (χ4n) is 4.05. The van der Waals surface area contributed by atoms with E-state index < -0.39 is 0 Å². The van der Waals surface area contributed by atoms with Crippen molar-refractivity contribution in [3.05, 3.63) is 60.2 Å². The van der Waals surface area contributed by atoms with Crippen molar-refractivity contribution in [2.75, 3.05) is 0 Å². The molecule has 4 heteroatoms. The first-order chi connectivity index (χ1) is 13.3. The molecular formula is C23H28N2O2. The van der Waals surface area contributed by atoms with Crippen molar-refractivity contribution >= 4 is 5.91 Å². The van der Waals surface area contributed by atoms with E-state index in [2.05, 4.69) is 10.6 Å². The maximum atomic E-state index is 12.9. The first kappa shape index (κ1) is 18.1. The molecular weight excluding hydrogens is 336 g/mol. The monoisotopic (exact) mass is 364 g/mol. The van der Waals surface area contributed by atoms with Gasteiger partial charge >= 0.3 is 0 Å². The van der Waals surface area contributed by atoms with Gasteiger partial charge in [0.2, 0.25) is 0 Å². The lowest BCUT2D eigenvalue weighted by Gasteiger charge is -2.41. The minimum atomic E-state index is -0.0540. The number of nitrogens with one attached hydrogen (secondary N) is 2. The molecule has 0 heterocycles. The van der Waals surface area contributed by atoms with Crippen molar-refractivity contribution in [1.82, 2.24) is 10.6 Å². The van der Waals surface area contributed by atoms with Gasteiger partial charge in [0.1, 0.15) is 11.5 Å². The highest BCUT2D eigenvalue weighted by molar-refractivity contribution is 5.97. The van der Waals surface area contributed by atoms with Gasteiger partial charge in [-0.05, 0) is 49.9 Å². The maximum absolute atomic E-state index is 12.9. The Morgan fingerprint density at radius 1 is 0.815 bits per heavy atom. The smallest absolute Gasteiger partial charge is 0.255 e. The summed E-state index contributed by atoms with van der Waals surface area (Å²) < 4.78 is 5.94. The number of rotatable bonds is 6. The number of carbonyl (C=O) groups is 1. The topological polar surface area (TPSA) is 50.4 Å². The van der Waals surface area contributed by atoms with E-state index in [1.165, 1.54) is 32.1 Å². The van der Waals surface area contributed by atoms with Gasteiger partial charge in [-0.15, -0.1) is 0 Å². The van der Waals surface area contributed by atoms with Crippen LogP contribution in [0.25, 0.3) is 0 Å². The first-order valence-electron chi connectivity index (χ1n) is 10.2. The molecule has 0 radical (unpaired) electrons. The standard InChI is InChI=1S/C23H28N2O2/c26-23(25-21-16-15-20(21)24-17-9-3-1-4-10-17)19-13-7-8-14-22(19)27-18-11-5-2-6-12-18/h2,5-8,11-14,17,20-21,24H,1,3-4,9-10,15-16H2,(H,25,26)/t20-,21+/m0/s1. The van der Waals surface area contributed by atoms with E-state index in [-0.39, 0.29) is 11.9 Å². The lowest BCUT2D eigenvalue weighted by molar-refractivity contribution is 0.0883. The van der Waals surface area contributed by atoms with Gasteiger partial charge in [-0.3, -0.25) is 4.79 Å². The minimum absolute atomic E-state index is 0.0540. The van der Waals surface area contributed by atoms with Gasteiger partial charge in [0.25, 0.3) is 5.91 Å². The molecule has 0 bridgehead atoms. The van der Waals surface area contributed by atoms with Gasteiger partial charge in [-0.25, -0.2) is 0 Å². The van der Waals surface area contributed by atoms with Crippen molar-refractivity contribution in [2.24, 2.45) is 0 Å². The Labute approximate surface area is 161 Å². The van der Waals surface area contributed by atoms with E-state index in [1.807, 2.05) is 54.6 Å². The molecule has 4 nitrogen and oxygen atoms in total. The van der Waals surface area contributed by atoms with Crippen LogP contribution >= 0.6 is 0 Å². The minimum Gasteiger partial charge on any atom is -0.457 e. The second kappa shape index (κ2) is 8.57. The van der Waals surface area contributed by atoms with Crippen molar-refractivity contribution in [3.63, 3.8) is 0 Å². The number of hydrogen-bond donors (Lipinski definition) is 2. The van der Waals surface area contributed by atoms with Crippen LogP contribution < -0.4 is 15.4 Å². The zero-order chi connectivity index (χ0) is 18.5. The first-order valence-corrected chi connectivity index (χ1v) is 10.2. The number of carbonyl (C=O) groups excluding carboxylic acids is 1. The van der Waals surface area contributed by atoms with Gasteiger partial charge in [0.05, 0.1) is 5.56 Å². The summed E-state index contributed by atoms with van der Waals surface area (Å²) in [6.07, 6.45) is 8.73. The van der Waals surface area contributed by atoms with Crippen LogP contribution in [0, 0.1) is 0 Å². The summed E-state index contributed by atoms with van der Waals surface area (Å²) in [5.74, 6) is 1.28. The van der Waals surface area contributed by atoms with Crippen LogP contribution in [0.1, 0.15) is 55.3 Å². The second-order valence-electron chi connectivity index (χ2n) is 7.68. The highest BCUT2D eigenvalue weighted by Crippen LogP contribution is 2.28. The molecule has 0 aromatic heterocycles. The van der Waals surface area contributed by atoms with Gasteiger partial charge in [0, 0.05) is 18.1 Å². The molecule has 142 valence electrons. The Balaban J connectivity index is 1.38. The van der Waals surface area contributed by atoms with Crippen LogP contribution in [0.4, 0.5) is 0 Å². The number of amides is 1. The summed E-state index contributed by atoms with van der Waals surface area (Å²) in [5.41, 5.74) is 0.588. The van der Waals surface area contributed by atoms with Crippen LogP contribution in [0.5, 0.6) is 11.5 Å². The normalized spacial score (nSPS) is 22.7. The Morgan fingerprint density at radius 3 is 2.26 bits per heavy atom. The molecule has 27 heavy (non-hydrogen) atoms. The second-order valence-corrected chi connectivity index (χ2v) is 7.68. The molecule has 2 N–H and O–H groups in total. The van der Waals surface area contributed by atoms with Gasteiger partial charge in [-0.2, -0.15) is 0 Å². The van der Waals surface area contributed by atoms with E-state index in [4.69, 9.17) is 4.74 Å². The molecule has 0 spiro atoms. The summed E-state index contributed by atoms with van der Waals surface area (Å²) in [6.45, 7) is 0. The molecule has 2 fully saturated rings. The number of para-hydroxylation sites is 2. The Hall–Kier alpha value is -2.33. The molecule has 2 saturated carbocycles. The lowest BCUT2D eigenvalue weighted by Crippen LogP contribution is -2.59. The van der Waals surface area contributed by atoms with Crippen LogP contribution in [0.3, 0.4) is 0 Å². The molecule has 2 aliphatic rings. The van der Waals surface area contributed by atoms with Crippen LogP contribution in [0.2, 0.25) is 0 Å². The lowest BCUT2D eigenvalue weighted by atomic mass is 9.84. The van der Waals surface area contributed by atoms with E-state index in [9.17, 15) is 4.79 Å². The Bertz CT molecular complexity index is 756. The van der Waals surface area contributed by atoms with Gasteiger partial charge in [-0.1, -0.05) is 49.6 Å². The van der Waals surface area contributed by atoms with E-state index in [0.29, 0.717) is 23.4 Å². The van der Waals surface area contributed by atoms with E-state index in [0.717, 1.165) is 18.6 Å². The van der Waals surface area contributed by atoms with Crippen LogP contribution in [-0.4, -0.2) is 24.0 Å². The highest BCUT2D eigenvalue weighted by atomic mass is 16.5. The van der Waals surface area contributed by atoms with E-state index in [1.54, 1.807) is 0 Å². The van der Waals surface area contributed by atoms with Gasteiger partial charge in [0.15, 0.2) is 0 Å². The summed E-state index contributed by atoms with van der Waals surface area (Å²) in [4.78, 5) is 12.9.